The number of pyridine rings is 1. The molecular weight excluding hydrogens is 441 g/mol. The summed E-state index contributed by atoms with van der Waals surface area (Å²) in [6.45, 7) is 7.31. The van der Waals surface area contributed by atoms with Gasteiger partial charge < -0.3 is 20.1 Å². The van der Waals surface area contributed by atoms with Gasteiger partial charge in [0.15, 0.2) is 11.6 Å². The Morgan fingerprint density at radius 1 is 1.38 bits per heavy atom. The van der Waals surface area contributed by atoms with Gasteiger partial charge in [0.25, 0.3) is 0 Å². The maximum absolute atomic E-state index is 14.7. The van der Waals surface area contributed by atoms with Crippen molar-refractivity contribution in [3.05, 3.63) is 23.6 Å². The first-order valence-electron chi connectivity index (χ1n) is 10.5. The lowest BCUT2D eigenvalue weighted by molar-refractivity contribution is 0.0491. The Kier molecular flexibility index (Phi) is 8.80. The molecule has 1 saturated heterocycles. The molecule has 1 aromatic heterocycles. The molecule has 0 saturated carbocycles. The summed E-state index contributed by atoms with van der Waals surface area (Å²) in [6.07, 6.45) is 2.22. The van der Waals surface area contributed by atoms with E-state index in [1.54, 1.807) is 20.8 Å². The number of rotatable bonds is 8. The molecule has 0 radical (unpaired) electrons. The maximum Gasteiger partial charge on any atom is 0.408 e. The van der Waals surface area contributed by atoms with Crippen LogP contribution in [0.25, 0.3) is 0 Å². The van der Waals surface area contributed by atoms with Crippen molar-refractivity contribution in [3.63, 3.8) is 0 Å². The number of carbonyl (C=O) groups excluding carboxylic acids is 1. The molecule has 0 spiro atoms. The van der Waals surface area contributed by atoms with Crippen LogP contribution in [0, 0.1) is 5.82 Å². The van der Waals surface area contributed by atoms with Gasteiger partial charge in [0.2, 0.25) is 0 Å². The number of ether oxygens (including phenoxy) is 1. The molecule has 1 aliphatic rings. The van der Waals surface area contributed by atoms with E-state index in [9.17, 15) is 22.7 Å². The number of alkyl carbamates (subject to hydrolysis) is 1. The summed E-state index contributed by atoms with van der Waals surface area (Å²) in [7, 11) is -1.28. The standard InChI is InChI=1S/C20H34FN5O5S/c1-20(2,3)31-19(28)23-17(8-11-26-9-6-15(27)7-10-26)14-12-16(21)18(22-13-14)24-32(29,30)25(4)5/h12-13,15,17,27H,6-11H2,1-5H3,(H,22,24)(H,23,28)/t17-/m1/s1. The molecule has 1 aromatic rings. The lowest BCUT2D eigenvalue weighted by Crippen LogP contribution is -2.39. The van der Waals surface area contributed by atoms with Crippen LogP contribution in [0.4, 0.5) is 15.0 Å². The molecule has 3 N–H and O–H groups in total. The van der Waals surface area contributed by atoms with Crippen LogP contribution < -0.4 is 10.0 Å². The third-order valence-corrected chi connectivity index (χ3v) is 6.37. The molecule has 2 heterocycles. The van der Waals surface area contributed by atoms with Crippen LogP contribution in [0.2, 0.25) is 0 Å². The number of amides is 1. The van der Waals surface area contributed by atoms with Gasteiger partial charge in [0.05, 0.1) is 12.1 Å². The van der Waals surface area contributed by atoms with E-state index in [1.165, 1.54) is 20.3 Å². The number of halogens is 1. The number of likely N-dealkylation sites (tertiary alicyclic amines) is 1. The first-order valence-corrected chi connectivity index (χ1v) is 12.0. The second-order valence-electron chi connectivity index (χ2n) is 9.05. The lowest BCUT2D eigenvalue weighted by Gasteiger charge is -2.31. The Balaban J connectivity index is 2.17. The van der Waals surface area contributed by atoms with Gasteiger partial charge in [-0.05, 0) is 51.7 Å². The highest BCUT2D eigenvalue weighted by Crippen LogP contribution is 2.23. The van der Waals surface area contributed by atoms with Gasteiger partial charge in [-0.3, -0.25) is 4.72 Å². The molecule has 1 atom stereocenters. The number of piperidine rings is 1. The predicted octanol–water partition coefficient (Wildman–Crippen LogP) is 1.85. The number of aliphatic hydroxyl groups excluding tert-OH is 1. The predicted molar refractivity (Wildman–Crippen MR) is 119 cm³/mol. The summed E-state index contributed by atoms with van der Waals surface area (Å²) < 4.78 is 46.9. The van der Waals surface area contributed by atoms with Gasteiger partial charge >= 0.3 is 16.3 Å². The minimum atomic E-state index is -3.91. The summed E-state index contributed by atoms with van der Waals surface area (Å²) >= 11 is 0. The second kappa shape index (κ2) is 10.7. The van der Waals surface area contributed by atoms with Crippen molar-refractivity contribution in [2.75, 3.05) is 38.5 Å². The maximum atomic E-state index is 14.7. The van der Waals surface area contributed by atoms with Crippen molar-refractivity contribution < 1.29 is 27.4 Å². The zero-order valence-corrected chi connectivity index (χ0v) is 20.1. The van der Waals surface area contributed by atoms with Gasteiger partial charge in [-0.1, -0.05) is 0 Å². The highest BCUT2D eigenvalue weighted by Gasteiger charge is 2.24. The molecule has 10 nitrogen and oxygen atoms in total. The van der Waals surface area contributed by atoms with Crippen molar-refractivity contribution in [1.29, 1.82) is 0 Å². The number of aromatic nitrogens is 1. The molecule has 1 fully saturated rings. The third kappa shape index (κ3) is 8.15. The molecular formula is C20H34FN5O5S. The fraction of sp³-hybridized carbons (Fsp3) is 0.700. The molecule has 2 rings (SSSR count). The smallest absolute Gasteiger partial charge is 0.408 e. The van der Waals surface area contributed by atoms with Crippen LogP contribution in [0.5, 0.6) is 0 Å². The normalized spacial score (nSPS) is 17.2. The van der Waals surface area contributed by atoms with Crippen LogP contribution in [0.1, 0.15) is 51.6 Å². The zero-order chi connectivity index (χ0) is 24.1. The number of nitrogens with zero attached hydrogens (tertiary/aromatic N) is 3. The fourth-order valence-electron chi connectivity index (χ4n) is 3.16. The highest BCUT2D eigenvalue weighted by molar-refractivity contribution is 7.90. The molecule has 182 valence electrons. The Labute approximate surface area is 189 Å². The molecule has 0 bridgehead atoms. The molecule has 0 aliphatic carbocycles. The van der Waals surface area contributed by atoms with Crippen LogP contribution in [0.3, 0.4) is 0 Å². The van der Waals surface area contributed by atoms with Gasteiger partial charge in [0.1, 0.15) is 5.60 Å². The average Bonchev–Trinajstić information content (AvgIpc) is 2.66. The third-order valence-electron chi connectivity index (χ3n) is 4.95. The number of anilines is 1. The Bertz CT molecular complexity index is 883. The number of hydrogen-bond acceptors (Lipinski definition) is 7. The van der Waals surface area contributed by atoms with Crippen molar-refractivity contribution in [2.24, 2.45) is 0 Å². The minimum absolute atomic E-state index is 0.293. The SMILES string of the molecule is CN(C)S(=O)(=O)Nc1ncc([C@@H](CCN2CCC(O)CC2)NC(=O)OC(C)(C)C)cc1F. The molecule has 0 unspecified atom stereocenters. The van der Waals surface area contributed by atoms with Gasteiger partial charge in [-0.25, -0.2) is 14.2 Å². The summed E-state index contributed by atoms with van der Waals surface area (Å²) in [6, 6.07) is 0.556. The Hall–Kier alpha value is -2.02. The number of aliphatic hydroxyl groups is 1. The van der Waals surface area contributed by atoms with E-state index in [0.717, 1.165) is 23.5 Å². The van der Waals surface area contributed by atoms with Crippen LogP contribution in [0.15, 0.2) is 12.3 Å². The van der Waals surface area contributed by atoms with E-state index in [2.05, 4.69) is 19.9 Å². The summed E-state index contributed by atoms with van der Waals surface area (Å²) in [5.41, 5.74) is -0.312. The fourth-order valence-corrected chi connectivity index (χ4v) is 3.74. The van der Waals surface area contributed by atoms with Crippen molar-refractivity contribution in [1.82, 2.24) is 19.5 Å². The van der Waals surface area contributed by atoms with E-state index >= 15 is 0 Å². The van der Waals surface area contributed by atoms with Gasteiger partial charge in [-0.15, -0.1) is 0 Å². The van der Waals surface area contributed by atoms with Crippen molar-refractivity contribution in [3.8, 4) is 0 Å². The average molecular weight is 476 g/mol. The van der Waals surface area contributed by atoms with Crippen LogP contribution in [-0.2, 0) is 14.9 Å². The van der Waals surface area contributed by atoms with Gasteiger partial charge in [0, 0.05) is 39.9 Å². The lowest BCUT2D eigenvalue weighted by atomic mass is 10.0. The van der Waals surface area contributed by atoms with E-state index in [-0.39, 0.29) is 6.10 Å². The summed E-state index contributed by atoms with van der Waals surface area (Å²) in [5, 5.41) is 12.4. The molecule has 12 heteroatoms. The molecule has 1 amide bonds. The quantitative estimate of drug-likeness (QED) is 0.524. The first kappa shape index (κ1) is 26.2. The monoisotopic (exact) mass is 475 g/mol. The summed E-state index contributed by atoms with van der Waals surface area (Å²) in [5.74, 6) is -1.28. The largest absolute Gasteiger partial charge is 0.444 e. The van der Waals surface area contributed by atoms with Crippen molar-refractivity contribution >= 4 is 22.1 Å². The Morgan fingerprint density at radius 3 is 2.53 bits per heavy atom. The minimum Gasteiger partial charge on any atom is -0.444 e. The number of nitrogens with one attached hydrogen (secondary N) is 2. The van der Waals surface area contributed by atoms with E-state index < -0.39 is 39.6 Å². The van der Waals surface area contributed by atoms with Gasteiger partial charge in [-0.2, -0.15) is 12.7 Å². The van der Waals surface area contributed by atoms with E-state index in [1.807, 2.05) is 0 Å². The zero-order valence-electron chi connectivity index (χ0n) is 19.3. The molecule has 0 aromatic carbocycles. The number of hydrogen-bond donors (Lipinski definition) is 3. The van der Waals surface area contributed by atoms with E-state index in [4.69, 9.17) is 4.74 Å². The Morgan fingerprint density at radius 2 is 2.00 bits per heavy atom. The topological polar surface area (TPSA) is 124 Å². The second-order valence-corrected chi connectivity index (χ2v) is 10.9. The molecule has 32 heavy (non-hydrogen) atoms. The van der Waals surface area contributed by atoms with Crippen LogP contribution >= 0.6 is 0 Å². The molecule has 1 aliphatic heterocycles. The highest BCUT2D eigenvalue weighted by atomic mass is 32.2. The van der Waals surface area contributed by atoms with E-state index in [0.29, 0.717) is 31.4 Å². The summed E-state index contributed by atoms with van der Waals surface area (Å²) in [4.78, 5) is 18.4. The first-order chi connectivity index (χ1) is 14.8. The van der Waals surface area contributed by atoms with Crippen molar-refractivity contribution in [2.45, 2.75) is 57.8 Å². The van der Waals surface area contributed by atoms with Crippen LogP contribution in [-0.4, -0.2) is 79.2 Å². The number of carbonyl (C=O) groups is 1.